The zero-order chi connectivity index (χ0) is 9.30. The maximum Gasteiger partial charge on any atom is 0.225 e. The number of nitrogens with zero attached hydrogens (tertiary/aromatic N) is 2. The average Bonchev–Trinajstić information content (AvgIpc) is 2.30. The molecule has 5 heteroatoms. The third-order valence-electron chi connectivity index (χ3n) is 1.49. The Morgan fingerprint density at radius 1 is 1.67 bits per heavy atom. The predicted octanol–water partition coefficient (Wildman–Crippen LogP) is 2.20. The van der Waals surface area contributed by atoms with Crippen LogP contribution in [0.2, 0.25) is 0 Å². The van der Waals surface area contributed by atoms with Crippen molar-refractivity contribution in [3.8, 4) is 0 Å². The van der Waals surface area contributed by atoms with Crippen LogP contribution in [-0.2, 0) is 4.79 Å². The number of carbonyl (C=O) groups excluding carboxylic acids is 1. The van der Waals surface area contributed by atoms with E-state index in [1.807, 2.05) is 6.92 Å². The van der Waals surface area contributed by atoms with Crippen LogP contribution >= 0.6 is 27.3 Å². The Kier molecular flexibility index (Phi) is 2.85. The first-order chi connectivity index (χ1) is 5.52. The minimum atomic E-state index is -0.00347. The fraction of sp³-hybridized carbons (Fsp3) is 0.429. The second kappa shape index (κ2) is 3.53. The van der Waals surface area contributed by atoms with Crippen LogP contribution < -0.4 is 4.90 Å². The molecule has 66 valence electrons. The van der Waals surface area contributed by atoms with Gasteiger partial charge in [-0.2, -0.15) is 0 Å². The van der Waals surface area contributed by atoms with Crippen molar-refractivity contribution in [3.63, 3.8) is 0 Å². The summed E-state index contributed by atoms with van der Waals surface area (Å²) in [5.41, 5.74) is 0.920. The van der Waals surface area contributed by atoms with E-state index in [0.717, 1.165) is 14.6 Å². The van der Waals surface area contributed by atoms with E-state index in [4.69, 9.17) is 0 Å². The van der Waals surface area contributed by atoms with Gasteiger partial charge in [0.25, 0.3) is 0 Å². The molecule has 1 aromatic rings. The fourth-order valence-electron chi connectivity index (χ4n) is 0.642. The van der Waals surface area contributed by atoms with E-state index in [1.54, 1.807) is 7.05 Å². The monoisotopic (exact) mass is 248 g/mol. The number of rotatable bonds is 1. The first kappa shape index (κ1) is 9.67. The quantitative estimate of drug-likeness (QED) is 0.764. The molecule has 0 aliphatic carbocycles. The molecule has 0 saturated carbocycles. The van der Waals surface area contributed by atoms with Crippen molar-refractivity contribution in [1.29, 1.82) is 0 Å². The number of aryl methyl sites for hydroxylation is 1. The van der Waals surface area contributed by atoms with Crippen molar-refractivity contribution < 1.29 is 4.79 Å². The maximum atomic E-state index is 10.9. The zero-order valence-electron chi connectivity index (χ0n) is 7.09. The molecule has 0 spiro atoms. The third-order valence-corrected chi connectivity index (χ3v) is 3.57. The lowest BCUT2D eigenvalue weighted by Gasteiger charge is -2.09. The lowest BCUT2D eigenvalue weighted by Crippen LogP contribution is -2.22. The second-order valence-electron chi connectivity index (χ2n) is 2.43. The number of halogens is 1. The highest BCUT2D eigenvalue weighted by Gasteiger charge is 2.11. The van der Waals surface area contributed by atoms with Gasteiger partial charge in [-0.1, -0.05) is 11.3 Å². The van der Waals surface area contributed by atoms with Gasteiger partial charge < -0.3 is 0 Å². The van der Waals surface area contributed by atoms with E-state index >= 15 is 0 Å². The zero-order valence-corrected chi connectivity index (χ0v) is 9.49. The molecular weight excluding hydrogens is 240 g/mol. The molecule has 0 aliphatic heterocycles. The van der Waals surface area contributed by atoms with Gasteiger partial charge in [0, 0.05) is 14.0 Å². The van der Waals surface area contributed by atoms with Crippen molar-refractivity contribution >= 4 is 38.3 Å². The molecule has 0 saturated heterocycles. The van der Waals surface area contributed by atoms with E-state index in [1.165, 1.54) is 23.2 Å². The molecule has 0 unspecified atom stereocenters. The molecule has 1 heterocycles. The van der Waals surface area contributed by atoms with Gasteiger partial charge in [0.15, 0.2) is 5.13 Å². The van der Waals surface area contributed by atoms with Crippen molar-refractivity contribution in [3.05, 3.63) is 9.48 Å². The van der Waals surface area contributed by atoms with Crippen molar-refractivity contribution in [2.24, 2.45) is 0 Å². The SMILES string of the molecule is CC(=O)N(C)c1nc(C)c(Br)s1. The molecule has 0 fully saturated rings. The Labute approximate surface area is 83.5 Å². The third kappa shape index (κ3) is 1.84. The molecule has 12 heavy (non-hydrogen) atoms. The number of hydrogen-bond acceptors (Lipinski definition) is 3. The van der Waals surface area contributed by atoms with E-state index < -0.39 is 0 Å². The molecule has 0 aliphatic rings. The summed E-state index contributed by atoms with van der Waals surface area (Å²) >= 11 is 4.81. The number of hydrogen-bond donors (Lipinski definition) is 0. The Morgan fingerprint density at radius 2 is 2.25 bits per heavy atom. The molecule has 0 aromatic carbocycles. The van der Waals surface area contributed by atoms with Gasteiger partial charge in [0.1, 0.15) is 0 Å². The molecule has 0 atom stereocenters. The van der Waals surface area contributed by atoms with Gasteiger partial charge in [0.05, 0.1) is 9.48 Å². The Morgan fingerprint density at radius 3 is 2.58 bits per heavy atom. The van der Waals surface area contributed by atoms with E-state index in [-0.39, 0.29) is 5.91 Å². The van der Waals surface area contributed by atoms with Crippen LogP contribution in [0, 0.1) is 6.92 Å². The normalized spacial score (nSPS) is 10.0. The van der Waals surface area contributed by atoms with E-state index in [2.05, 4.69) is 20.9 Å². The van der Waals surface area contributed by atoms with Crippen LogP contribution in [0.5, 0.6) is 0 Å². The smallest absolute Gasteiger partial charge is 0.225 e. The Bertz CT molecular complexity index is 291. The number of anilines is 1. The molecule has 0 radical (unpaired) electrons. The summed E-state index contributed by atoms with van der Waals surface area (Å²) in [5.74, 6) is -0.00347. The Hall–Kier alpha value is -0.420. The topological polar surface area (TPSA) is 33.2 Å². The van der Waals surface area contributed by atoms with Gasteiger partial charge in [0.2, 0.25) is 5.91 Å². The predicted molar refractivity (Wildman–Crippen MR) is 53.6 cm³/mol. The molecule has 0 N–H and O–H groups in total. The summed E-state index contributed by atoms with van der Waals surface area (Å²) in [5, 5.41) is 0.729. The number of thiazole rings is 1. The van der Waals surface area contributed by atoms with Crippen molar-refractivity contribution in [2.45, 2.75) is 13.8 Å². The Balaban J connectivity index is 2.96. The van der Waals surface area contributed by atoms with Gasteiger partial charge in [-0.3, -0.25) is 9.69 Å². The fourth-order valence-corrected chi connectivity index (χ4v) is 1.97. The van der Waals surface area contributed by atoms with Crippen LogP contribution in [-0.4, -0.2) is 17.9 Å². The van der Waals surface area contributed by atoms with Crippen molar-refractivity contribution in [2.75, 3.05) is 11.9 Å². The number of amides is 1. The van der Waals surface area contributed by atoms with Gasteiger partial charge in [-0.25, -0.2) is 4.98 Å². The largest absolute Gasteiger partial charge is 0.291 e. The minimum absolute atomic E-state index is 0.00347. The highest BCUT2D eigenvalue weighted by atomic mass is 79.9. The van der Waals surface area contributed by atoms with Crippen LogP contribution in [0.4, 0.5) is 5.13 Å². The van der Waals surface area contributed by atoms with Crippen LogP contribution in [0.15, 0.2) is 3.79 Å². The molecule has 1 rings (SSSR count). The summed E-state index contributed by atoms with van der Waals surface area (Å²) in [4.78, 5) is 16.7. The van der Waals surface area contributed by atoms with Crippen molar-refractivity contribution in [1.82, 2.24) is 4.98 Å². The molecule has 3 nitrogen and oxygen atoms in total. The summed E-state index contributed by atoms with van der Waals surface area (Å²) in [7, 11) is 1.72. The standard InChI is InChI=1S/C7H9BrN2OS/c1-4-6(8)12-7(9-4)10(3)5(2)11/h1-3H3. The van der Waals surface area contributed by atoms with Gasteiger partial charge >= 0.3 is 0 Å². The minimum Gasteiger partial charge on any atom is -0.291 e. The van der Waals surface area contributed by atoms with Crippen LogP contribution in [0.1, 0.15) is 12.6 Å². The highest BCUT2D eigenvalue weighted by molar-refractivity contribution is 9.11. The van der Waals surface area contributed by atoms with Gasteiger partial charge in [-0.05, 0) is 22.9 Å². The maximum absolute atomic E-state index is 10.9. The first-order valence-corrected chi connectivity index (χ1v) is 5.00. The first-order valence-electron chi connectivity index (χ1n) is 3.39. The average molecular weight is 249 g/mol. The number of aromatic nitrogens is 1. The van der Waals surface area contributed by atoms with Crippen LogP contribution in [0.3, 0.4) is 0 Å². The second-order valence-corrected chi connectivity index (χ2v) is 4.73. The molecular formula is C7H9BrN2OS. The molecule has 0 bridgehead atoms. The summed E-state index contributed by atoms with van der Waals surface area (Å²) < 4.78 is 0.977. The van der Waals surface area contributed by atoms with Gasteiger partial charge in [-0.15, -0.1) is 0 Å². The lowest BCUT2D eigenvalue weighted by molar-refractivity contribution is -0.116. The van der Waals surface area contributed by atoms with E-state index in [9.17, 15) is 4.79 Å². The van der Waals surface area contributed by atoms with E-state index in [0.29, 0.717) is 0 Å². The highest BCUT2D eigenvalue weighted by Crippen LogP contribution is 2.29. The summed E-state index contributed by atoms with van der Waals surface area (Å²) in [6, 6.07) is 0. The lowest BCUT2D eigenvalue weighted by atomic mass is 10.6. The summed E-state index contributed by atoms with van der Waals surface area (Å²) in [6.45, 7) is 3.42. The molecule has 1 amide bonds. The summed E-state index contributed by atoms with van der Waals surface area (Å²) in [6.07, 6.45) is 0. The number of carbonyl (C=O) groups is 1. The van der Waals surface area contributed by atoms with Crippen LogP contribution in [0.25, 0.3) is 0 Å². The molecule has 1 aromatic heterocycles.